The molecule has 4 nitrogen and oxygen atoms in total. The first-order chi connectivity index (χ1) is 12.4. The van der Waals surface area contributed by atoms with Gasteiger partial charge in [0.25, 0.3) is 0 Å². The van der Waals surface area contributed by atoms with Crippen LogP contribution in [0.3, 0.4) is 0 Å². The van der Waals surface area contributed by atoms with Gasteiger partial charge in [0, 0.05) is 19.5 Å². The van der Waals surface area contributed by atoms with Crippen molar-refractivity contribution >= 4 is 32.9 Å². The van der Waals surface area contributed by atoms with E-state index in [0.29, 0.717) is 12.3 Å². The van der Waals surface area contributed by atoms with Crippen LogP contribution in [0.5, 0.6) is 5.75 Å². The van der Waals surface area contributed by atoms with E-state index in [9.17, 15) is 13.6 Å². The minimum absolute atomic E-state index is 0. The van der Waals surface area contributed by atoms with Crippen LogP contribution in [-0.2, 0) is 17.9 Å². The number of amides is 1. The highest BCUT2D eigenvalue weighted by atomic mass is 32.1. The molecule has 1 fully saturated rings. The first-order valence-corrected chi connectivity index (χ1v) is 8.56. The molecular weight excluding hydrogens is 402 g/mol. The predicted octanol–water partition coefficient (Wildman–Crippen LogP) is 3.34. The van der Waals surface area contributed by atoms with Crippen LogP contribution >= 0.6 is 27.0 Å². The molecule has 0 saturated carbocycles. The molecule has 2 atom stereocenters. The van der Waals surface area contributed by atoms with Crippen LogP contribution in [0.4, 0.5) is 8.78 Å². The summed E-state index contributed by atoms with van der Waals surface area (Å²) in [5.41, 5.74) is 8.10. The van der Waals surface area contributed by atoms with Crippen LogP contribution in [0.2, 0.25) is 0 Å². The Morgan fingerprint density at radius 2 is 2.00 bits per heavy atom. The molecule has 1 heterocycles. The Morgan fingerprint density at radius 1 is 1.25 bits per heavy atom. The number of alkyl halides is 1. The summed E-state index contributed by atoms with van der Waals surface area (Å²) in [6.45, 7) is 2.89. The summed E-state index contributed by atoms with van der Waals surface area (Å²) >= 11 is 0. The lowest BCUT2D eigenvalue weighted by molar-refractivity contribution is -0.122. The average Bonchev–Trinajstić information content (AvgIpc) is 2.96. The lowest BCUT2D eigenvalue weighted by Crippen LogP contribution is -2.39. The number of primary amides is 1. The highest BCUT2D eigenvalue weighted by molar-refractivity contribution is 7.59. The smallest absolute Gasteiger partial charge is 0.234 e. The summed E-state index contributed by atoms with van der Waals surface area (Å²) in [4.78, 5) is 13.3. The first-order valence-electron chi connectivity index (χ1n) is 8.56. The molecule has 0 spiro atoms. The third-order valence-electron chi connectivity index (χ3n) is 4.66. The van der Waals surface area contributed by atoms with Gasteiger partial charge < -0.3 is 10.5 Å². The number of benzene rings is 2. The van der Waals surface area contributed by atoms with Crippen molar-refractivity contribution < 1.29 is 18.3 Å². The number of ether oxygens (including phenoxy) is 1. The maximum absolute atomic E-state index is 13.6. The van der Waals surface area contributed by atoms with Crippen molar-refractivity contribution in [2.75, 3.05) is 6.54 Å². The molecular formula is C20H26F2N2O2S2. The summed E-state index contributed by atoms with van der Waals surface area (Å²) in [6, 6.07) is 11.3. The zero-order chi connectivity index (χ0) is 18.7. The third kappa shape index (κ3) is 6.12. The van der Waals surface area contributed by atoms with Gasteiger partial charge in [0.05, 0.1) is 6.04 Å². The van der Waals surface area contributed by atoms with Crippen LogP contribution in [0.25, 0.3) is 0 Å². The minimum Gasteiger partial charge on any atom is -0.489 e. The summed E-state index contributed by atoms with van der Waals surface area (Å²) in [5, 5.41) is 0. The van der Waals surface area contributed by atoms with Crippen molar-refractivity contribution in [2.45, 2.75) is 38.7 Å². The fraction of sp³-hybridized carbons (Fsp3) is 0.350. The van der Waals surface area contributed by atoms with E-state index in [1.54, 1.807) is 17.0 Å². The van der Waals surface area contributed by atoms with Crippen LogP contribution in [-0.4, -0.2) is 29.6 Å². The Hall–Kier alpha value is -1.77. The molecule has 2 N–H and O–H groups in total. The molecule has 0 aliphatic carbocycles. The van der Waals surface area contributed by atoms with Gasteiger partial charge in [-0.1, -0.05) is 18.2 Å². The number of hydrogen-bond acceptors (Lipinski definition) is 3. The number of carbonyl (C=O) groups is 1. The van der Waals surface area contributed by atoms with Gasteiger partial charge in [-0.2, -0.15) is 27.0 Å². The molecule has 2 aromatic rings. The van der Waals surface area contributed by atoms with Gasteiger partial charge >= 0.3 is 0 Å². The van der Waals surface area contributed by atoms with E-state index < -0.39 is 18.1 Å². The Labute approximate surface area is 177 Å². The van der Waals surface area contributed by atoms with Gasteiger partial charge in [0.2, 0.25) is 5.91 Å². The Bertz CT molecular complexity index is 808. The monoisotopic (exact) mass is 428 g/mol. The summed E-state index contributed by atoms with van der Waals surface area (Å²) in [6.07, 6.45) is -0.870. The normalized spacial score (nSPS) is 18.8. The van der Waals surface area contributed by atoms with Crippen LogP contribution in [0.1, 0.15) is 23.1 Å². The fourth-order valence-electron chi connectivity index (χ4n) is 3.27. The lowest BCUT2D eigenvalue weighted by Gasteiger charge is -2.22. The van der Waals surface area contributed by atoms with Crippen molar-refractivity contribution in [2.24, 2.45) is 5.73 Å². The van der Waals surface area contributed by atoms with Crippen LogP contribution in [0, 0.1) is 12.7 Å². The van der Waals surface area contributed by atoms with Crippen molar-refractivity contribution in [3.63, 3.8) is 0 Å². The predicted molar refractivity (Wildman–Crippen MR) is 116 cm³/mol. The second-order valence-corrected chi connectivity index (χ2v) is 6.69. The van der Waals surface area contributed by atoms with Crippen LogP contribution < -0.4 is 10.5 Å². The number of likely N-dealkylation sites (tertiary alicyclic amines) is 1. The molecule has 1 aliphatic heterocycles. The first kappa shape index (κ1) is 24.3. The Kier molecular flexibility index (Phi) is 9.26. The number of nitrogens with zero attached hydrogens (tertiary/aromatic N) is 1. The summed E-state index contributed by atoms with van der Waals surface area (Å²) in [5.74, 6) is -0.108. The summed E-state index contributed by atoms with van der Waals surface area (Å²) < 4.78 is 32.6. The maximum atomic E-state index is 13.6. The van der Waals surface area contributed by atoms with E-state index in [1.807, 2.05) is 25.1 Å². The van der Waals surface area contributed by atoms with Gasteiger partial charge in [0.1, 0.15) is 24.3 Å². The topological polar surface area (TPSA) is 55.6 Å². The van der Waals surface area contributed by atoms with Crippen molar-refractivity contribution in [1.82, 2.24) is 4.90 Å². The zero-order valence-corrected chi connectivity index (χ0v) is 17.6. The number of hydrogen-bond donors (Lipinski definition) is 1. The van der Waals surface area contributed by atoms with Crippen molar-refractivity contribution in [3.05, 3.63) is 65.0 Å². The molecule has 0 radical (unpaired) electrons. The van der Waals surface area contributed by atoms with Crippen molar-refractivity contribution in [1.29, 1.82) is 0 Å². The van der Waals surface area contributed by atoms with E-state index in [4.69, 9.17) is 10.5 Å². The molecule has 0 aromatic heterocycles. The average molecular weight is 429 g/mol. The quantitative estimate of drug-likeness (QED) is 0.768. The number of halogens is 2. The number of carbonyl (C=O) groups excluding carboxylic acids is 1. The second-order valence-electron chi connectivity index (χ2n) is 6.69. The van der Waals surface area contributed by atoms with E-state index in [2.05, 4.69) is 0 Å². The molecule has 1 saturated heterocycles. The number of nitrogens with two attached hydrogens (primary N) is 1. The number of aryl methyl sites for hydroxylation is 1. The largest absolute Gasteiger partial charge is 0.489 e. The fourth-order valence-corrected chi connectivity index (χ4v) is 3.27. The molecule has 0 bridgehead atoms. The Morgan fingerprint density at radius 3 is 2.64 bits per heavy atom. The van der Waals surface area contributed by atoms with Crippen molar-refractivity contribution in [3.8, 4) is 5.75 Å². The Balaban J connectivity index is 0.00000196. The van der Waals surface area contributed by atoms with E-state index in [0.717, 1.165) is 16.7 Å². The maximum Gasteiger partial charge on any atom is 0.234 e. The van der Waals surface area contributed by atoms with E-state index >= 15 is 0 Å². The molecule has 1 amide bonds. The second kappa shape index (κ2) is 10.7. The lowest BCUT2D eigenvalue weighted by atomic mass is 10.1. The van der Waals surface area contributed by atoms with E-state index in [1.165, 1.54) is 12.1 Å². The molecule has 2 aromatic carbocycles. The highest BCUT2D eigenvalue weighted by Crippen LogP contribution is 2.25. The number of rotatable bonds is 6. The van der Waals surface area contributed by atoms with Gasteiger partial charge in [-0.05, 0) is 47.9 Å². The van der Waals surface area contributed by atoms with Gasteiger partial charge in [-0.25, -0.2) is 8.78 Å². The standard InChI is InChI=1S/C20H22F2N2O2.2H2S/c1-13-7-18(26-12-14-3-2-4-16(21)8-14)6-5-15(13)10-24-11-17(22)9-19(24)20(23)25;;/h2-8,17,19H,9-12H2,1H3,(H2,23,25);2*1H2/t17-,19-;;/m0../s1. The molecule has 3 rings (SSSR count). The van der Waals surface area contributed by atoms with Gasteiger partial charge in [-0.15, -0.1) is 0 Å². The third-order valence-corrected chi connectivity index (χ3v) is 4.66. The molecule has 8 heteroatoms. The molecule has 1 aliphatic rings. The molecule has 154 valence electrons. The van der Waals surface area contributed by atoms with E-state index in [-0.39, 0.29) is 52.4 Å². The minimum atomic E-state index is -1.03. The molecule has 28 heavy (non-hydrogen) atoms. The SMILES string of the molecule is Cc1cc(OCc2cccc(F)c2)ccc1CN1C[C@@H](F)C[C@H]1C(N)=O.S.S. The van der Waals surface area contributed by atoms with Crippen LogP contribution in [0.15, 0.2) is 42.5 Å². The molecule has 0 unspecified atom stereocenters. The zero-order valence-electron chi connectivity index (χ0n) is 15.6. The summed E-state index contributed by atoms with van der Waals surface area (Å²) in [7, 11) is 0. The van der Waals surface area contributed by atoms with Gasteiger partial charge in [0.15, 0.2) is 0 Å². The highest BCUT2D eigenvalue weighted by Gasteiger charge is 2.35. The van der Waals surface area contributed by atoms with Gasteiger partial charge in [-0.3, -0.25) is 9.69 Å².